The lowest BCUT2D eigenvalue weighted by molar-refractivity contribution is -0.117. The fourth-order valence-corrected chi connectivity index (χ4v) is 1.51. The van der Waals surface area contributed by atoms with Crippen molar-refractivity contribution in [2.75, 3.05) is 13.6 Å². The molecule has 0 heterocycles. The monoisotopic (exact) mass is 194 g/mol. The topological polar surface area (TPSA) is 55.1 Å². The van der Waals surface area contributed by atoms with Crippen molar-refractivity contribution < 1.29 is 4.79 Å². The zero-order valence-corrected chi connectivity index (χ0v) is 8.24. The third-order valence-corrected chi connectivity index (χ3v) is 2.12. The third kappa shape index (κ3) is 5.41. The van der Waals surface area contributed by atoms with Crippen molar-refractivity contribution in [2.45, 2.75) is 16.9 Å². The molecule has 5 heteroatoms. The number of hydrogen-bond acceptors (Lipinski definition) is 4. The van der Waals surface area contributed by atoms with Gasteiger partial charge in [0.05, 0.1) is 5.25 Å². The van der Waals surface area contributed by atoms with Crippen LogP contribution in [0.15, 0.2) is 0 Å². The van der Waals surface area contributed by atoms with Crippen LogP contribution in [0.3, 0.4) is 0 Å². The molecule has 2 atom stereocenters. The van der Waals surface area contributed by atoms with E-state index < -0.39 is 0 Å². The average molecular weight is 194 g/mol. The molecule has 0 bridgehead atoms. The molecule has 1 amide bonds. The van der Waals surface area contributed by atoms with E-state index in [1.165, 1.54) is 0 Å². The van der Waals surface area contributed by atoms with Crippen molar-refractivity contribution in [3.63, 3.8) is 0 Å². The number of thiol groups is 2. The molecule has 3 nitrogen and oxygen atoms in total. The Morgan fingerprint density at radius 1 is 1.64 bits per heavy atom. The normalized spacial score (nSPS) is 15.9. The molecule has 3 N–H and O–H groups in total. The van der Waals surface area contributed by atoms with E-state index in [2.05, 4.69) is 30.6 Å². The molecule has 0 radical (unpaired) electrons. The lowest BCUT2D eigenvalue weighted by atomic mass is 10.2. The smallest absolute Gasteiger partial charge is 0.230 e. The number of rotatable bonds is 5. The number of nitrogens with one attached hydrogen (secondary N) is 1. The summed E-state index contributed by atoms with van der Waals surface area (Å²) in [5, 5.41) is 2.70. The molecule has 0 saturated heterocycles. The lowest BCUT2D eigenvalue weighted by Gasteiger charge is -2.12. The van der Waals surface area contributed by atoms with E-state index in [-0.39, 0.29) is 16.4 Å². The summed E-state index contributed by atoms with van der Waals surface area (Å²) in [6, 6.07) is 0. The first-order chi connectivity index (χ1) is 5.07. The van der Waals surface area contributed by atoms with Crippen LogP contribution in [0.5, 0.6) is 0 Å². The highest BCUT2D eigenvalue weighted by Gasteiger charge is 2.13. The molecule has 0 saturated carbocycles. The second-order valence-corrected chi connectivity index (χ2v) is 3.72. The van der Waals surface area contributed by atoms with Gasteiger partial charge in [-0.05, 0) is 13.5 Å². The van der Waals surface area contributed by atoms with Gasteiger partial charge in [0.1, 0.15) is 0 Å². The van der Waals surface area contributed by atoms with E-state index in [9.17, 15) is 4.79 Å². The molecule has 0 fully saturated rings. The third-order valence-electron chi connectivity index (χ3n) is 1.26. The largest absolute Gasteiger partial charge is 0.369 e. The van der Waals surface area contributed by atoms with E-state index in [1.807, 2.05) is 7.05 Å². The summed E-state index contributed by atoms with van der Waals surface area (Å²) in [7, 11) is 1.83. The van der Waals surface area contributed by atoms with Crippen molar-refractivity contribution in [1.82, 2.24) is 5.32 Å². The van der Waals surface area contributed by atoms with Crippen molar-refractivity contribution in [2.24, 2.45) is 5.73 Å². The van der Waals surface area contributed by atoms with E-state index in [4.69, 9.17) is 5.73 Å². The summed E-state index contributed by atoms with van der Waals surface area (Å²) in [4.78, 5) is 10.5. The molecule has 0 aromatic rings. The molecule has 0 aliphatic rings. The first-order valence-electron chi connectivity index (χ1n) is 3.38. The van der Waals surface area contributed by atoms with Crippen LogP contribution in [0.2, 0.25) is 0 Å². The van der Waals surface area contributed by atoms with Crippen molar-refractivity contribution >= 4 is 31.2 Å². The molecule has 11 heavy (non-hydrogen) atoms. The number of carbonyl (C=O) groups excluding carboxylic acids is 1. The number of amides is 1. The Hall–Kier alpha value is 0.130. The quantitative estimate of drug-likeness (QED) is 0.453. The van der Waals surface area contributed by atoms with E-state index in [0.717, 1.165) is 6.54 Å². The van der Waals surface area contributed by atoms with Gasteiger partial charge < -0.3 is 11.1 Å². The SMILES string of the molecule is CNCC(S)CC(S)C(N)=O. The second kappa shape index (κ2) is 5.74. The average Bonchev–Trinajstić information content (AvgIpc) is 1.87. The molecule has 0 spiro atoms. The molecule has 0 aromatic heterocycles. The van der Waals surface area contributed by atoms with Crippen LogP contribution >= 0.6 is 25.3 Å². The van der Waals surface area contributed by atoms with Gasteiger partial charge in [0.25, 0.3) is 0 Å². The highest BCUT2D eigenvalue weighted by atomic mass is 32.1. The number of nitrogens with two attached hydrogens (primary N) is 1. The minimum atomic E-state index is -0.386. The highest BCUT2D eigenvalue weighted by molar-refractivity contribution is 7.82. The summed E-state index contributed by atoms with van der Waals surface area (Å²) in [6.45, 7) is 0.757. The van der Waals surface area contributed by atoms with Gasteiger partial charge in [0.15, 0.2) is 0 Å². The van der Waals surface area contributed by atoms with Gasteiger partial charge in [0, 0.05) is 11.8 Å². The summed E-state index contributed by atoms with van der Waals surface area (Å²) in [5.74, 6) is -0.386. The summed E-state index contributed by atoms with van der Waals surface area (Å²) < 4.78 is 0. The Balaban J connectivity index is 3.56. The number of hydrogen-bond donors (Lipinski definition) is 4. The minimum absolute atomic E-state index is 0.134. The maximum absolute atomic E-state index is 10.5. The van der Waals surface area contributed by atoms with Crippen LogP contribution < -0.4 is 11.1 Å². The van der Waals surface area contributed by atoms with E-state index in [1.54, 1.807) is 0 Å². The van der Waals surface area contributed by atoms with Crippen LogP contribution in [0.4, 0.5) is 0 Å². The van der Waals surface area contributed by atoms with Gasteiger partial charge in [-0.1, -0.05) is 0 Å². The van der Waals surface area contributed by atoms with Crippen molar-refractivity contribution in [3.8, 4) is 0 Å². The molecular weight excluding hydrogens is 180 g/mol. The summed E-state index contributed by atoms with van der Waals surface area (Å²) in [5.41, 5.74) is 5.01. The molecule has 0 aliphatic heterocycles. The van der Waals surface area contributed by atoms with Crippen LogP contribution in [0, 0.1) is 0 Å². The fourth-order valence-electron chi connectivity index (χ4n) is 0.693. The van der Waals surface area contributed by atoms with Gasteiger partial charge in [-0.25, -0.2) is 0 Å². The molecule has 0 aromatic carbocycles. The summed E-state index contributed by atoms with van der Waals surface area (Å²) in [6.07, 6.45) is 0.600. The Morgan fingerprint density at radius 2 is 2.18 bits per heavy atom. The number of primary amides is 1. The standard InChI is InChI=1S/C6H14N2OS2/c1-8-3-4(10)2-5(11)6(7)9/h4-5,8,10-11H,2-3H2,1H3,(H2,7,9). The van der Waals surface area contributed by atoms with Crippen LogP contribution in [0.25, 0.3) is 0 Å². The van der Waals surface area contributed by atoms with Gasteiger partial charge >= 0.3 is 0 Å². The Morgan fingerprint density at radius 3 is 2.55 bits per heavy atom. The Kier molecular flexibility index (Phi) is 5.81. The highest BCUT2D eigenvalue weighted by Crippen LogP contribution is 2.08. The molecule has 0 aliphatic carbocycles. The lowest BCUT2D eigenvalue weighted by Crippen LogP contribution is -2.29. The molecule has 66 valence electrons. The van der Waals surface area contributed by atoms with E-state index >= 15 is 0 Å². The van der Waals surface area contributed by atoms with Crippen LogP contribution in [-0.4, -0.2) is 30.0 Å². The zero-order chi connectivity index (χ0) is 8.85. The van der Waals surface area contributed by atoms with Gasteiger partial charge in [0.2, 0.25) is 5.91 Å². The van der Waals surface area contributed by atoms with Crippen molar-refractivity contribution in [3.05, 3.63) is 0 Å². The zero-order valence-electron chi connectivity index (χ0n) is 6.45. The van der Waals surface area contributed by atoms with Crippen molar-refractivity contribution in [1.29, 1.82) is 0 Å². The Bertz CT molecular complexity index is 132. The summed E-state index contributed by atoms with van der Waals surface area (Å²) >= 11 is 8.23. The predicted molar refractivity (Wildman–Crippen MR) is 53.3 cm³/mol. The fraction of sp³-hybridized carbons (Fsp3) is 0.833. The van der Waals surface area contributed by atoms with Crippen LogP contribution in [-0.2, 0) is 4.79 Å². The van der Waals surface area contributed by atoms with E-state index in [0.29, 0.717) is 6.42 Å². The number of carbonyl (C=O) groups is 1. The first-order valence-corrected chi connectivity index (χ1v) is 4.41. The van der Waals surface area contributed by atoms with Gasteiger partial charge in [-0.15, -0.1) is 0 Å². The van der Waals surface area contributed by atoms with Gasteiger partial charge in [-0.3, -0.25) is 4.79 Å². The van der Waals surface area contributed by atoms with Gasteiger partial charge in [-0.2, -0.15) is 25.3 Å². The van der Waals surface area contributed by atoms with Crippen LogP contribution in [0.1, 0.15) is 6.42 Å². The molecular formula is C6H14N2OS2. The molecule has 2 unspecified atom stereocenters. The first kappa shape index (κ1) is 11.1. The Labute approximate surface area is 77.9 Å². The predicted octanol–water partition coefficient (Wildman–Crippen LogP) is -0.322. The second-order valence-electron chi connectivity index (χ2n) is 2.37. The maximum atomic E-state index is 10.5. The maximum Gasteiger partial charge on any atom is 0.230 e. The molecule has 0 rings (SSSR count). The minimum Gasteiger partial charge on any atom is -0.369 e.